The van der Waals surface area contributed by atoms with E-state index >= 15 is 0 Å². The molecule has 3 rings (SSSR count). The lowest BCUT2D eigenvalue weighted by Crippen LogP contribution is -2.23. The fourth-order valence-electron chi connectivity index (χ4n) is 2.40. The van der Waals surface area contributed by atoms with E-state index in [1.165, 1.54) is 11.8 Å². The van der Waals surface area contributed by atoms with Gasteiger partial charge in [-0.15, -0.1) is 10.2 Å². The third-order valence-corrected chi connectivity index (χ3v) is 4.98. The highest BCUT2D eigenvalue weighted by atomic mass is 35.5. The molecular weight excluding hydrogens is 368 g/mol. The van der Waals surface area contributed by atoms with Crippen molar-refractivity contribution in [3.05, 3.63) is 59.1 Å². The van der Waals surface area contributed by atoms with Crippen molar-refractivity contribution in [3.63, 3.8) is 0 Å². The van der Waals surface area contributed by atoms with Crippen LogP contribution in [-0.4, -0.2) is 45.4 Å². The zero-order valence-corrected chi connectivity index (χ0v) is 16.4. The van der Waals surface area contributed by atoms with Gasteiger partial charge in [-0.25, -0.2) is 0 Å². The second kappa shape index (κ2) is 7.93. The van der Waals surface area contributed by atoms with Gasteiger partial charge >= 0.3 is 0 Å². The van der Waals surface area contributed by atoms with Crippen LogP contribution in [0.1, 0.15) is 5.56 Å². The summed E-state index contributed by atoms with van der Waals surface area (Å²) >= 11 is 7.38. The summed E-state index contributed by atoms with van der Waals surface area (Å²) in [7, 11) is 3.49. The van der Waals surface area contributed by atoms with Crippen LogP contribution in [-0.2, 0) is 4.79 Å². The van der Waals surface area contributed by atoms with Crippen molar-refractivity contribution in [1.82, 2.24) is 19.7 Å². The van der Waals surface area contributed by atoms with Gasteiger partial charge in [-0.2, -0.15) is 0 Å². The number of hydrogen-bond acceptors (Lipinski definition) is 4. The van der Waals surface area contributed by atoms with Crippen LogP contribution in [0, 0.1) is 6.92 Å². The first-order valence-electron chi connectivity index (χ1n) is 8.07. The van der Waals surface area contributed by atoms with E-state index < -0.39 is 0 Å². The minimum Gasteiger partial charge on any atom is -0.348 e. The molecule has 0 aliphatic rings. The van der Waals surface area contributed by atoms with Crippen LogP contribution in [0.25, 0.3) is 17.1 Å². The summed E-state index contributed by atoms with van der Waals surface area (Å²) in [6.07, 6.45) is 0. The fourth-order valence-corrected chi connectivity index (χ4v) is 3.46. The Morgan fingerprint density at radius 3 is 2.54 bits per heavy atom. The van der Waals surface area contributed by atoms with Gasteiger partial charge in [0.15, 0.2) is 11.0 Å². The van der Waals surface area contributed by atoms with E-state index in [2.05, 4.69) is 16.3 Å². The molecule has 0 aliphatic heterocycles. The molecule has 134 valence electrons. The second-order valence-electron chi connectivity index (χ2n) is 6.06. The lowest BCUT2D eigenvalue weighted by Gasteiger charge is -2.12. The minimum absolute atomic E-state index is 0.0295. The molecule has 0 aliphatic carbocycles. The molecule has 5 nitrogen and oxygen atoms in total. The Balaban J connectivity index is 2.05. The number of aryl methyl sites for hydroxylation is 1. The molecule has 1 heterocycles. The highest BCUT2D eigenvalue weighted by Gasteiger charge is 2.17. The number of carbonyl (C=O) groups is 1. The first-order valence-corrected chi connectivity index (χ1v) is 9.43. The summed E-state index contributed by atoms with van der Waals surface area (Å²) in [6.45, 7) is 2.04. The van der Waals surface area contributed by atoms with Crippen molar-refractivity contribution in [2.45, 2.75) is 12.1 Å². The van der Waals surface area contributed by atoms with E-state index in [4.69, 9.17) is 11.6 Å². The number of benzene rings is 2. The zero-order valence-electron chi connectivity index (χ0n) is 14.8. The predicted molar refractivity (Wildman–Crippen MR) is 106 cm³/mol. The highest BCUT2D eigenvalue weighted by molar-refractivity contribution is 7.99. The van der Waals surface area contributed by atoms with Crippen molar-refractivity contribution >= 4 is 29.3 Å². The Kier molecular flexibility index (Phi) is 5.64. The highest BCUT2D eigenvalue weighted by Crippen LogP contribution is 2.29. The maximum Gasteiger partial charge on any atom is 0.232 e. The Morgan fingerprint density at radius 1 is 1.15 bits per heavy atom. The largest absolute Gasteiger partial charge is 0.348 e. The quantitative estimate of drug-likeness (QED) is 0.620. The monoisotopic (exact) mass is 386 g/mol. The van der Waals surface area contributed by atoms with E-state index in [0.717, 1.165) is 16.8 Å². The zero-order chi connectivity index (χ0) is 18.7. The normalized spacial score (nSPS) is 10.8. The molecule has 0 unspecified atom stereocenters. The van der Waals surface area contributed by atoms with Gasteiger partial charge in [-0.1, -0.05) is 35.5 Å². The van der Waals surface area contributed by atoms with Gasteiger partial charge in [-0.3, -0.25) is 9.36 Å². The summed E-state index contributed by atoms with van der Waals surface area (Å²) in [5.41, 5.74) is 3.01. The number of hydrogen-bond donors (Lipinski definition) is 0. The number of carbonyl (C=O) groups excluding carboxylic acids is 1. The molecule has 3 aromatic rings. The smallest absolute Gasteiger partial charge is 0.232 e. The third-order valence-electron chi connectivity index (χ3n) is 3.82. The Labute approximate surface area is 162 Å². The molecule has 0 atom stereocenters. The number of nitrogens with zero attached hydrogens (tertiary/aromatic N) is 4. The molecular formula is C19H19ClN4OS. The molecule has 1 aromatic heterocycles. The maximum atomic E-state index is 12.0. The third kappa shape index (κ3) is 4.08. The maximum absolute atomic E-state index is 12.0. The van der Waals surface area contributed by atoms with Crippen molar-refractivity contribution in [2.24, 2.45) is 0 Å². The van der Waals surface area contributed by atoms with Gasteiger partial charge in [0.05, 0.1) is 5.75 Å². The predicted octanol–water partition coefficient (Wildman–Crippen LogP) is 4.08. The first-order chi connectivity index (χ1) is 12.5. The Morgan fingerprint density at radius 2 is 1.88 bits per heavy atom. The minimum atomic E-state index is 0.0295. The SMILES string of the molecule is Cc1cccc(-n2c(SCC(=O)N(C)C)nnc2-c2ccc(Cl)cc2)c1. The molecule has 7 heteroatoms. The lowest BCUT2D eigenvalue weighted by atomic mass is 10.2. The Hall–Kier alpha value is -2.31. The summed E-state index contributed by atoms with van der Waals surface area (Å²) in [5, 5.41) is 10.0. The standard InChI is InChI=1S/C19H19ClN4OS/c1-13-5-4-6-16(11-13)24-18(14-7-9-15(20)10-8-14)21-22-19(24)26-12-17(25)23(2)3/h4-11H,12H2,1-3H3. The molecule has 0 radical (unpaired) electrons. The van der Waals surface area contributed by atoms with Crippen LogP contribution in [0.3, 0.4) is 0 Å². The van der Waals surface area contributed by atoms with Crippen LogP contribution < -0.4 is 0 Å². The summed E-state index contributed by atoms with van der Waals surface area (Å²) in [4.78, 5) is 13.5. The van der Waals surface area contributed by atoms with Crippen LogP contribution in [0.4, 0.5) is 0 Å². The average molecular weight is 387 g/mol. The topological polar surface area (TPSA) is 51.0 Å². The fraction of sp³-hybridized carbons (Fsp3) is 0.211. The van der Waals surface area contributed by atoms with Crippen LogP contribution >= 0.6 is 23.4 Å². The van der Waals surface area contributed by atoms with Crippen LogP contribution in [0.5, 0.6) is 0 Å². The van der Waals surface area contributed by atoms with E-state index in [0.29, 0.717) is 21.8 Å². The average Bonchev–Trinajstić information content (AvgIpc) is 3.04. The van der Waals surface area contributed by atoms with Crippen molar-refractivity contribution in [1.29, 1.82) is 0 Å². The van der Waals surface area contributed by atoms with Gasteiger partial charge in [0.2, 0.25) is 5.91 Å². The van der Waals surface area contributed by atoms with Gasteiger partial charge < -0.3 is 4.90 Å². The summed E-state index contributed by atoms with van der Waals surface area (Å²) < 4.78 is 1.98. The molecule has 1 amide bonds. The molecule has 0 N–H and O–H groups in total. The number of halogens is 1. The van der Waals surface area contributed by atoms with E-state index in [1.807, 2.05) is 54.0 Å². The molecule has 0 saturated carbocycles. The number of thioether (sulfide) groups is 1. The van der Waals surface area contributed by atoms with Crippen LogP contribution in [0.15, 0.2) is 53.7 Å². The first kappa shape index (κ1) is 18.5. The van der Waals surface area contributed by atoms with Crippen molar-refractivity contribution < 1.29 is 4.79 Å². The van der Waals surface area contributed by atoms with Gasteiger partial charge in [0.1, 0.15) is 0 Å². The number of amides is 1. The van der Waals surface area contributed by atoms with Crippen molar-refractivity contribution in [2.75, 3.05) is 19.8 Å². The van der Waals surface area contributed by atoms with Gasteiger partial charge in [-0.05, 0) is 48.9 Å². The lowest BCUT2D eigenvalue weighted by molar-refractivity contribution is -0.125. The molecule has 26 heavy (non-hydrogen) atoms. The molecule has 0 saturated heterocycles. The summed E-state index contributed by atoms with van der Waals surface area (Å²) in [5.74, 6) is 1.05. The second-order valence-corrected chi connectivity index (χ2v) is 7.44. The van der Waals surface area contributed by atoms with Crippen LogP contribution in [0.2, 0.25) is 5.02 Å². The van der Waals surface area contributed by atoms with Crippen molar-refractivity contribution in [3.8, 4) is 17.1 Å². The van der Waals surface area contributed by atoms with E-state index in [1.54, 1.807) is 19.0 Å². The summed E-state index contributed by atoms with van der Waals surface area (Å²) in [6, 6.07) is 15.6. The molecule has 0 bridgehead atoms. The number of rotatable bonds is 5. The van der Waals surface area contributed by atoms with E-state index in [-0.39, 0.29) is 5.91 Å². The van der Waals surface area contributed by atoms with E-state index in [9.17, 15) is 4.79 Å². The number of aromatic nitrogens is 3. The Bertz CT molecular complexity index is 922. The molecule has 0 spiro atoms. The molecule has 2 aromatic carbocycles. The van der Waals surface area contributed by atoms with Gasteiger partial charge in [0, 0.05) is 30.4 Å². The van der Waals surface area contributed by atoms with Gasteiger partial charge in [0.25, 0.3) is 0 Å². The molecule has 0 fully saturated rings.